The molecular weight excluding hydrogens is 422 g/mol. The van der Waals surface area contributed by atoms with Crippen molar-refractivity contribution in [1.29, 1.82) is 0 Å². The number of pyridine rings is 1. The molecule has 1 atom stereocenters. The van der Waals surface area contributed by atoms with Gasteiger partial charge in [0.2, 0.25) is 0 Å². The molecule has 1 unspecified atom stereocenters. The molecule has 7 nitrogen and oxygen atoms in total. The number of anilines is 3. The maximum Gasteiger partial charge on any atom is 0.331 e. The number of amides is 3. The summed E-state index contributed by atoms with van der Waals surface area (Å²) in [6.45, 7) is 3.64. The van der Waals surface area contributed by atoms with Crippen molar-refractivity contribution in [3.63, 3.8) is 0 Å². The second-order valence-electron chi connectivity index (χ2n) is 7.53. The Hall–Kier alpha value is -2.68. The van der Waals surface area contributed by atoms with Gasteiger partial charge >= 0.3 is 6.03 Å². The zero-order chi connectivity index (χ0) is 20.8. The number of benzene rings is 1. The van der Waals surface area contributed by atoms with E-state index in [4.69, 9.17) is 11.6 Å². The van der Waals surface area contributed by atoms with E-state index in [2.05, 4.69) is 20.9 Å². The number of thiophene rings is 1. The molecule has 5 rings (SSSR count). The van der Waals surface area contributed by atoms with Crippen LogP contribution in [0.5, 0.6) is 0 Å². The van der Waals surface area contributed by atoms with Gasteiger partial charge in [-0.05, 0) is 50.1 Å². The molecule has 30 heavy (non-hydrogen) atoms. The lowest BCUT2D eigenvalue weighted by molar-refractivity contribution is 0.0935. The van der Waals surface area contributed by atoms with Crippen molar-refractivity contribution in [3.8, 4) is 0 Å². The number of carbonyl (C=O) groups is 2. The van der Waals surface area contributed by atoms with Crippen LogP contribution in [-0.4, -0.2) is 36.1 Å². The lowest BCUT2D eigenvalue weighted by Crippen LogP contribution is -2.45. The number of carbonyl (C=O) groups excluding carboxylic acids is 2. The van der Waals surface area contributed by atoms with E-state index in [1.807, 2.05) is 19.1 Å². The van der Waals surface area contributed by atoms with Gasteiger partial charge < -0.3 is 16.0 Å². The lowest BCUT2D eigenvalue weighted by Gasteiger charge is -2.29. The number of nitrogens with one attached hydrogen (secondary N) is 3. The Balaban J connectivity index is 1.57. The molecule has 3 aromatic rings. The van der Waals surface area contributed by atoms with Crippen LogP contribution in [0.25, 0.3) is 10.2 Å². The average Bonchev–Trinajstić information content (AvgIpc) is 3.11. The second-order valence-corrected chi connectivity index (χ2v) is 8.94. The van der Waals surface area contributed by atoms with Gasteiger partial charge in [0.25, 0.3) is 5.91 Å². The van der Waals surface area contributed by atoms with Gasteiger partial charge in [0.05, 0.1) is 22.4 Å². The van der Waals surface area contributed by atoms with Crippen LogP contribution in [0.4, 0.5) is 21.9 Å². The van der Waals surface area contributed by atoms with E-state index in [-0.39, 0.29) is 18.0 Å². The van der Waals surface area contributed by atoms with Crippen molar-refractivity contribution in [1.82, 2.24) is 15.6 Å². The topological polar surface area (TPSA) is 86.4 Å². The number of halogens is 1. The van der Waals surface area contributed by atoms with Crippen molar-refractivity contribution >= 4 is 62.2 Å². The lowest BCUT2D eigenvalue weighted by atomic mass is 10.1. The smallest absolute Gasteiger partial charge is 0.331 e. The van der Waals surface area contributed by atoms with Crippen LogP contribution >= 0.6 is 22.9 Å². The molecule has 3 N–H and O–H groups in total. The SMILES string of the molecule is Cc1ccc(N2C(=O)Nc3c(C(=O)NC4CCCNC4)sc4nccc2c34)cc1Cl. The quantitative estimate of drug-likeness (QED) is 0.561. The molecule has 0 spiro atoms. The summed E-state index contributed by atoms with van der Waals surface area (Å²) in [5, 5.41) is 10.6. The number of aromatic nitrogens is 1. The van der Waals surface area contributed by atoms with E-state index in [0.29, 0.717) is 31.8 Å². The summed E-state index contributed by atoms with van der Waals surface area (Å²) in [6.07, 6.45) is 3.63. The van der Waals surface area contributed by atoms with Crippen molar-refractivity contribution < 1.29 is 9.59 Å². The van der Waals surface area contributed by atoms with Gasteiger partial charge in [-0.3, -0.25) is 9.69 Å². The average molecular weight is 442 g/mol. The number of piperidine rings is 1. The highest BCUT2D eigenvalue weighted by Crippen LogP contribution is 2.46. The van der Waals surface area contributed by atoms with Gasteiger partial charge in [-0.1, -0.05) is 17.7 Å². The molecular formula is C21H20ClN5O2S. The summed E-state index contributed by atoms with van der Waals surface area (Å²) in [5.41, 5.74) is 2.81. The van der Waals surface area contributed by atoms with Crippen LogP contribution in [0, 0.1) is 6.92 Å². The predicted molar refractivity (Wildman–Crippen MR) is 120 cm³/mol. The van der Waals surface area contributed by atoms with Gasteiger partial charge in [-0.2, -0.15) is 0 Å². The predicted octanol–water partition coefficient (Wildman–Crippen LogP) is 4.42. The Morgan fingerprint density at radius 1 is 1.37 bits per heavy atom. The van der Waals surface area contributed by atoms with E-state index >= 15 is 0 Å². The minimum absolute atomic E-state index is 0.0848. The summed E-state index contributed by atoms with van der Waals surface area (Å²) in [6, 6.07) is 7.04. The number of rotatable bonds is 3. The number of hydrogen-bond acceptors (Lipinski definition) is 5. The first-order chi connectivity index (χ1) is 14.5. The van der Waals surface area contributed by atoms with Gasteiger partial charge in [-0.25, -0.2) is 9.78 Å². The second kappa shape index (κ2) is 7.54. The Bertz CT molecular complexity index is 1170. The molecule has 2 aliphatic heterocycles. The molecule has 2 aromatic heterocycles. The first-order valence-electron chi connectivity index (χ1n) is 9.83. The van der Waals surface area contributed by atoms with E-state index in [0.717, 1.165) is 36.9 Å². The fraction of sp³-hybridized carbons (Fsp3) is 0.286. The largest absolute Gasteiger partial charge is 0.347 e. The molecule has 154 valence electrons. The third-order valence-corrected chi connectivity index (χ3v) is 7.00. The molecule has 1 aromatic carbocycles. The van der Waals surface area contributed by atoms with Crippen molar-refractivity contribution in [2.24, 2.45) is 0 Å². The molecule has 0 bridgehead atoms. The monoisotopic (exact) mass is 441 g/mol. The third kappa shape index (κ3) is 3.21. The van der Waals surface area contributed by atoms with Gasteiger partial charge in [0, 0.05) is 23.8 Å². The molecule has 2 aliphatic rings. The van der Waals surface area contributed by atoms with E-state index < -0.39 is 0 Å². The highest BCUT2D eigenvalue weighted by Gasteiger charge is 2.33. The van der Waals surface area contributed by atoms with Crippen molar-refractivity contribution in [2.75, 3.05) is 23.3 Å². The van der Waals surface area contributed by atoms with E-state index in [1.165, 1.54) is 11.3 Å². The third-order valence-electron chi connectivity index (χ3n) is 5.50. The summed E-state index contributed by atoms with van der Waals surface area (Å²) in [5.74, 6) is -0.181. The van der Waals surface area contributed by atoms with Crippen molar-refractivity contribution in [3.05, 3.63) is 45.9 Å². The summed E-state index contributed by atoms with van der Waals surface area (Å²) < 4.78 is 0. The Labute approximate surface area is 182 Å². The van der Waals surface area contributed by atoms with Crippen LogP contribution < -0.4 is 20.9 Å². The van der Waals surface area contributed by atoms with Crippen molar-refractivity contribution in [2.45, 2.75) is 25.8 Å². The van der Waals surface area contributed by atoms with Gasteiger partial charge in [0.15, 0.2) is 0 Å². The summed E-state index contributed by atoms with van der Waals surface area (Å²) in [7, 11) is 0. The Morgan fingerprint density at radius 3 is 3.00 bits per heavy atom. The van der Waals surface area contributed by atoms with E-state index in [9.17, 15) is 9.59 Å². The molecule has 0 aliphatic carbocycles. The number of hydrogen-bond donors (Lipinski definition) is 3. The van der Waals surface area contributed by atoms with E-state index in [1.54, 1.807) is 23.2 Å². The molecule has 0 radical (unpaired) electrons. The first-order valence-corrected chi connectivity index (χ1v) is 11.0. The van der Waals surface area contributed by atoms with Crippen LogP contribution in [-0.2, 0) is 0 Å². The Morgan fingerprint density at radius 2 is 2.23 bits per heavy atom. The zero-order valence-electron chi connectivity index (χ0n) is 16.3. The molecule has 4 heterocycles. The molecule has 9 heteroatoms. The minimum atomic E-state index is -0.332. The molecule has 3 amide bonds. The first kappa shape index (κ1) is 19.3. The van der Waals surface area contributed by atoms with Gasteiger partial charge in [0.1, 0.15) is 9.71 Å². The number of aryl methyl sites for hydroxylation is 1. The fourth-order valence-corrected chi connectivity index (χ4v) is 5.14. The Kier molecular flexibility index (Phi) is 4.85. The van der Waals surface area contributed by atoms with Crippen LogP contribution in [0.3, 0.4) is 0 Å². The summed E-state index contributed by atoms with van der Waals surface area (Å²) >= 11 is 7.59. The molecule has 0 saturated carbocycles. The molecule has 1 saturated heterocycles. The van der Waals surface area contributed by atoms with Crippen LogP contribution in [0.2, 0.25) is 5.02 Å². The minimum Gasteiger partial charge on any atom is -0.347 e. The maximum absolute atomic E-state index is 13.1. The van der Waals surface area contributed by atoms with Gasteiger partial charge in [-0.15, -0.1) is 11.3 Å². The summed E-state index contributed by atoms with van der Waals surface area (Å²) in [4.78, 5) is 33.3. The highest BCUT2D eigenvalue weighted by atomic mass is 35.5. The molecule has 1 fully saturated rings. The number of nitrogens with zero attached hydrogens (tertiary/aromatic N) is 2. The number of urea groups is 1. The standard InChI is InChI=1S/C21H20ClN5O2S/c1-11-4-5-13(9-14(11)22)27-15-6-8-24-20-16(15)17(26-21(27)29)18(30-20)19(28)25-12-3-2-7-23-10-12/h4-6,8-9,12,23H,2-3,7,10H2,1H3,(H,25,28)(H,26,29). The van der Waals surface area contributed by atoms with Crippen LogP contribution in [0.15, 0.2) is 30.5 Å². The maximum atomic E-state index is 13.1. The van der Waals surface area contributed by atoms with Crippen LogP contribution in [0.1, 0.15) is 28.1 Å². The zero-order valence-corrected chi connectivity index (χ0v) is 17.9. The normalized spacial score (nSPS) is 18.4. The highest BCUT2D eigenvalue weighted by molar-refractivity contribution is 7.21. The fourth-order valence-electron chi connectivity index (χ4n) is 3.95.